The molecule has 6 heteroatoms. The van der Waals surface area contributed by atoms with Gasteiger partial charge in [0.2, 0.25) is 5.91 Å². The maximum absolute atomic E-state index is 12.6. The van der Waals surface area contributed by atoms with E-state index in [1.54, 1.807) is 6.20 Å². The van der Waals surface area contributed by atoms with Gasteiger partial charge < -0.3 is 9.47 Å². The molecule has 124 valence electrons. The van der Waals surface area contributed by atoms with E-state index in [-0.39, 0.29) is 11.9 Å². The van der Waals surface area contributed by atoms with Gasteiger partial charge in [-0.3, -0.25) is 9.48 Å². The van der Waals surface area contributed by atoms with Crippen molar-refractivity contribution in [3.05, 3.63) is 36.7 Å². The molecule has 1 atom stereocenters. The first-order valence-electron chi connectivity index (χ1n) is 8.48. The van der Waals surface area contributed by atoms with Gasteiger partial charge in [0.1, 0.15) is 5.82 Å². The maximum Gasteiger partial charge on any atom is 0.222 e. The standard InChI is InChI=1S/C17H25N5O/c1-15-18-9-13-20(15)10-4-7-17(23)22-12-3-2-6-16(22)14-21-11-5-8-19-21/h5,8-9,11,13,16H,2-4,6-7,10,12,14H2,1H3. The molecular formula is C17H25N5O. The van der Waals surface area contributed by atoms with Gasteiger partial charge in [0, 0.05) is 44.3 Å². The highest BCUT2D eigenvalue weighted by atomic mass is 16.2. The summed E-state index contributed by atoms with van der Waals surface area (Å²) in [4.78, 5) is 18.9. The van der Waals surface area contributed by atoms with Crippen LogP contribution in [-0.2, 0) is 17.9 Å². The van der Waals surface area contributed by atoms with Gasteiger partial charge in [-0.1, -0.05) is 0 Å². The summed E-state index contributed by atoms with van der Waals surface area (Å²) < 4.78 is 4.04. The van der Waals surface area contributed by atoms with Gasteiger partial charge in [-0.15, -0.1) is 0 Å². The van der Waals surface area contributed by atoms with Gasteiger partial charge in [0.05, 0.1) is 12.6 Å². The third-order valence-electron chi connectivity index (χ3n) is 4.62. The second kappa shape index (κ2) is 7.44. The Morgan fingerprint density at radius 2 is 2.22 bits per heavy atom. The Bertz CT molecular complexity index is 619. The van der Waals surface area contributed by atoms with Crippen LogP contribution in [0, 0.1) is 6.92 Å². The average molecular weight is 315 g/mol. The number of piperidine rings is 1. The molecule has 1 amide bonds. The third kappa shape index (κ3) is 4.00. The monoisotopic (exact) mass is 315 g/mol. The van der Waals surface area contributed by atoms with Crippen LogP contribution in [0.1, 0.15) is 37.9 Å². The molecule has 0 aromatic carbocycles. The first-order chi connectivity index (χ1) is 11.2. The van der Waals surface area contributed by atoms with Crippen molar-refractivity contribution in [3.63, 3.8) is 0 Å². The van der Waals surface area contributed by atoms with E-state index < -0.39 is 0 Å². The van der Waals surface area contributed by atoms with E-state index in [1.165, 1.54) is 6.42 Å². The van der Waals surface area contributed by atoms with Crippen molar-refractivity contribution in [1.82, 2.24) is 24.2 Å². The fraction of sp³-hybridized carbons (Fsp3) is 0.588. The summed E-state index contributed by atoms with van der Waals surface area (Å²) in [7, 11) is 0. The largest absolute Gasteiger partial charge is 0.338 e. The second-order valence-corrected chi connectivity index (χ2v) is 6.24. The number of carbonyl (C=O) groups excluding carboxylic acids is 1. The van der Waals surface area contributed by atoms with E-state index in [2.05, 4.69) is 19.5 Å². The zero-order valence-corrected chi connectivity index (χ0v) is 13.8. The smallest absolute Gasteiger partial charge is 0.222 e. The van der Waals surface area contributed by atoms with Crippen molar-refractivity contribution in [2.45, 2.75) is 58.2 Å². The summed E-state index contributed by atoms with van der Waals surface area (Å²) in [6, 6.07) is 2.22. The van der Waals surface area contributed by atoms with Crippen LogP contribution in [0.25, 0.3) is 0 Å². The Hall–Kier alpha value is -2.11. The molecule has 0 saturated carbocycles. The van der Waals surface area contributed by atoms with Crippen molar-refractivity contribution in [2.75, 3.05) is 6.54 Å². The lowest BCUT2D eigenvalue weighted by Gasteiger charge is -2.36. The maximum atomic E-state index is 12.6. The van der Waals surface area contributed by atoms with Gasteiger partial charge in [-0.05, 0) is 38.7 Å². The lowest BCUT2D eigenvalue weighted by atomic mass is 10.0. The number of hydrogen-bond acceptors (Lipinski definition) is 3. The lowest BCUT2D eigenvalue weighted by Crippen LogP contribution is -2.45. The van der Waals surface area contributed by atoms with E-state index in [0.717, 1.165) is 44.7 Å². The van der Waals surface area contributed by atoms with E-state index in [4.69, 9.17) is 0 Å². The number of amides is 1. The molecule has 6 nitrogen and oxygen atoms in total. The molecule has 23 heavy (non-hydrogen) atoms. The molecule has 0 radical (unpaired) electrons. The first kappa shape index (κ1) is 15.8. The molecule has 0 bridgehead atoms. The third-order valence-corrected chi connectivity index (χ3v) is 4.62. The fourth-order valence-electron chi connectivity index (χ4n) is 3.33. The first-order valence-corrected chi connectivity index (χ1v) is 8.48. The number of hydrogen-bond donors (Lipinski definition) is 0. The van der Waals surface area contributed by atoms with Crippen molar-refractivity contribution in [3.8, 4) is 0 Å². The Morgan fingerprint density at radius 3 is 2.96 bits per heavy atom. The Balaban J connectivity index is 1.52. The molecule has 1 saturated heterocycles. The molecular weight excluding hydrogens is 290 g/mol. The molecule has 1 fully saturated rings. The number of nitrogens with zero attached hydrogens (tertiary/aromatic N) is 5. The van der Waals surface area contributed by atoms with E-state index >= 15 is 0 Å². The molecule has 0 N–H and O–H groups in total. The SMILES string of the molecule is Cc1nccn1CCCC(=O)N1CCCCC1Cn1cccn1. The van der Waals surface area contributed by atoms with Crippen LogP contribution in [-0.4, -0.2) is 42.7 Å². The minimum Gasteiger partial charge on any atom is -0.338 e. The van der Waals surface area contributed by atoms with E-state index in [1.807, 2.05) is 36.3 Å². The van der Waals surface area contributed by atoms with Crippen LogP contribution in [0.15, 0.2) is 30.9 Å². The van der Waals surface area contributed by atoms with E-state index in [9.17, 15) is 4.79 Å². The van der Waals surface area contributed by atoms with E-state index in [0.29, 0.717) is 6.42 Å². The minimum atomic E-state index is 0.277. The Kier molecular flexibility index (Phi) is 5.10. The average Bonchev–Trinajstić information content (AvgIpc) is 3.20. The topological polar surface area (TPSA) is 56.0 Å². The normalized spacial score (nSPS) is 18.3. The summed E-state index contributed by atoms with van der Waals surface area (Å²) in [5.74, 6) is 1.28. The van der Waals surface area contributed by atoms with Crippen LogP contribution in [0.5, 0.6) is 0 Å². The van der Waals surface area contributed by atoms with Crippen molar-refractivity contribution in [1.29, 1.82) is 0 Å². The number of imidazole rings is 1. The molecule has 2 aromatic heterocycles. The van der Waals surface area contributed by atoms with Crippen molar-refractivity contribution < 1.29 is 4.79 Å². The quantitative estimate of drug-likeness (QED) is 0.821. The number of rotatable bonds is 6. The van der Waals surface area contributed by atoms with Crippen LogP contribution in [0.2, 0.25) is 0 Å². The summed E-state index contributed by atoms with van der Waals surface area (Å²) in [5, 5.41) is 4.28. The summed E-state index contributed by atoms with van der Waals surface area (Å²) >= 11 is 0. The zero-order valence-electron chi connectivity index (χ0n) is 13.8. The minimum absolute atomic E-state index is 0.277. The fourth-order valence-corrected chi connectivity index (χ4v) is 3.33. The predicted molar refractivity (Wildman–Crippen MR) is 87.8 cm³/mol. The molecule has 3 heterocycles. The highest BCUT2D eigenvalue weighted by Crippen LogP contribution is 2.20. The van der Waals surface area contributed by atoms with Crippen molar-refractivity contribution >= 4 is 5.91 Å². The molecule has 2 aromatic rings. The van der Waals surface area contributed by atoms with Crippen LogP contribution in [0.4, 0.5) is 0 Å². The number of likely N-dealkylation sites (tertiary alicyclic amines) is 1. The summed E-state index contributed by atoms with van der Waals surface area (Å²) in [5.41, 5.74) is 0. The number of carbonyl (C=O) groups is 1. The Labute approximate surface area is 137 Å². The molecule has 1 aliphatic heterocycles. The highest BCUT2D eigenvalue weighted by molar-refractivity contribution is 5.76. The van der Waals surface area contributed by atoms with Gasteiger partial charge >= 0.3 is 0 Å². The lowest BCUT2D eigenvalue weighted by molar-refractivity contribution is -0.135. The molecule has 1 aliphatic rings. The summed E-state index contributed by atoms with van der Waals surface area (Å²) in [6.45, 7) is 4.54. The second-order valence-electron chi connectivity index (χ2n) is 6.24. The van der Waals surface area contributed by atoms with Crippen LogP contribution >= 0.6 is 0 Å². The summed E-state index contributed by atoms with van der Waals surface area (Å²) in [6.07, 6.45) is 12.4. The van der Waals surface area contributed by atoms with Crippen LogP contribution in [0.3, 0.4) is 0 Å². The van der Waals surface area contributed by atoms with Gasteiger partial charge in [0.15, 0.2) is 0 Å². The molecule has 0 aliphatic carbocycles. The molecule has 1 unspecified atom stereocenters. The van der Waals surface area contributed by atoms with Crippen molar-refractivity contribution in [2.24, 2.45) is 0 Å². The van der Waals surface area contributed by atoms with Gasteiger partial charge in [0.25, 0.3) is 0 Å². The highest BCUT2D eigenvalue weighted by Gasteiger charge is 2.26. The van der Waals surface area contributed by atoms with Gasteiger partial charge in [-0.25, -0.2) is 4.98 Å². The molecule has 3 rings (SSSR count). The number of aryl methyl sites for hydroxylation is 2. The van der Waals surface area contributed by atoms with Gasteiger partial charge in [-0.2, -0.15) is 5.10 Å². The van der Waals surface area contributed by atoms with Crippen LogP contribution < -0.4 is 0 Å². The molecule has 0 spiro atoms. The predicted octanol–water partition coefficient (Wildman–Crippen LogP) is 2.25. The number of aromatic nitrogens is 4. The Morgan fingerprint density at radius 1 is 1.30 bits per heavy atom. The zero-order chi connectivity index (χ0) is 16.1.